The lowest BCUT2D eigenvalue weighted by Crippen LogP contribution is -2.32. The molecule has 0 unspecified atom stereocenters. The highest BCUT2D eigenvalue weighted by Crippen LogP contribution is 2.22. The lowest BCUT2D eigenvalue weighted by Gasteiger charge is -2.18. The zero-order valence-corrected chi connectivity index (χ0v) is 11.8. The number of rotatable bonds is 4. The van der Waals surface area contributed by atoms with Gasteiger partial charge < -0.3 is 10.2 Å². The third-order valence-corrected chi connectivity index (χ3v) is 3.70. The van der Waals surface area contributed by atoms with Crippen LogP contribution in [-0.4, -0.2) is 31.1 Å². The molecule has 19 heavy (non-hydrogen) atoms. The van der Waals surface area contributed by atoms with Crippen LogP contribution in [0.25, 0.3) is 0 Å². The van der Waals surface area contributed by atoms with E-state index in [0.29, 0.717) is 0 Å². The molecule has 0 saturated heterocycles. The second-order valence-electron chi connectivity index (χ2n) is 5.37. The van der Waals surface area contributed by atoms with Crippen molar-refractivity contribution in [2.24, 2.45) is 5.41 Å². The van der Waals surface area contributed by atoms with E-state index in [1.165, 1.54) is 0 Å². The summed E-state index contributed by atoms with van der Waals surface area (Å²) in [5.74, 6) is -1.85. The van der Waals surface area contributed by atoms with Crippen molar-refractivity contribution in [3.63, 3.8) is 0 Å². The summed E-state index contributed by atoms with van der Waals surface area (Å²) in [6, 6.07) is 3.14. The smallest absolute Gasteiger partial charge is 0.339 e. The first-order chi connectivity index (χ1) is 8.53. The highest BCUT2D eigenvalue weighted by molar-refractivity contribution is 7.89. The topological polar surface area (TPSA) is 104 Å². The SMILES string of the molecule is CC(C)(C)CNS(=O)(=O)c1ccc(O)c(C(=O)O)c1. The molecule has 1 rings (SSSR count). The number of carboxylic acids is 1. The number of phenols is 1. The molecule has 1 aromatic carbocycles. The Kier molecular flexibility index (Phi) is 4.21. The molecule has 0 amide bonds. The van der Waals surface area contributed by atoms with Crippen LogP contribution in [0.5, 0.6) is 5.75 Å². The summed E-state index contributed by atoms with van der Waals surface area (Å²) in [4.78, 5) is 10.7. The van der Waals surface area contributed by atoms with E-state index in [4.69, 9.17) is 5.11 Å². The fraction of sp³-hybridized carbons (Fsp3) is 0.417. The van der Waals surface area contributed by atoms with Gasteiger partial charge in [0.1, 0.15) is 11.3 Å². The summed E-state index contributed by atoms with van der Waals surface area (Å²) < 4.78 is 26.4. The average Bonchev–Trinajstić information content (AvgIpc) is 2.25. The molecule has 106 valence electrons. The Hall–Kier alpha value is -1.60. The number of aromatic hydroxyl groups is 1. The van der Waals surface area contributed by atoms with Crippen molar-refractivity contribution < 1.29 is 23.4 Å². The Bertz CT molecular complexity index is 587. The maximum atomic E-state index is 12.0. The van der Waals surface area contributed by atoms with Crippen LogP contribution in [-0.2, 0) is 10.0 Å². The predicted molar refractivity (Wildman–Crippen MR) is 69.7 cm³/mol. The van der Waals surface area contributed by atoms with Gasteiger partial charge in [0.25, 0.3) is 0 Å². The molecule has 0 bridgehead atoms. The molecule has 0 saturated carbocycles. The molecule has 6 nitrogen and oxygen atoms in total. The second kappa shape index (κ2) is 5.18. The highest BCUT2D eigenvalue weighted by atomic mass is 32.2. The standard InChI is InChI=1S/C12H17NO5S/c1-12(2,3)7-13-19(17,18)8-4-5-10(14)9(6-8)11(15)16/h4-6,13-14H,7H2,1-3H3,(H,15,16). The minimum Gasteiger partial charge on any atom is -0.507 e. The molecular formula is C12H17NO5S. The fourth-order valence-electron chi connectivity index (χ4n) is 1.25. The first-order valence-electron chi connectivity index (χ1n) is 5.59. The van der Waals surface area contributed by atoms with E-state index in [0.717, 1.165) is 18.2 Å². The summed E-state index contributed by atoms with van der Waals surface area (Å²) in [6.07, 6.45) is 0. The van der Waals surface area contributed by atoms with Crippen molar-refractivity contribution in [1.82, 2.24) is 4.72 Å². The third kappa shape index (κ3) is 4.22. The fourth-order valence-corrected chi connectivity index (χ4v) is 2.56. The van der Waals surface area contributed by atoms with Gasteiger partial charge in [0, 0.05) is 6.54 Å². The molecule has 0 radical (unpaired) electrons. The number of hydrogen-bond acceptors (Lipinski definition) is 4. The van der Waals surface area contributed by atoms with E-state index >= 15 is 0 Å². The van der Waals surface area contributed by atoms with E-state index in [1.807, 2.05) is 20.8 Å². The number of sulfonamides is 1. The molecule has 0 aromatic heterocycles. The Morgan fingerprint density at radius 2 is 1.89 bits per heavy atom. The van der Waals surface area contributed by atoms with E-state index < -0.39 is 27.3 Å². The van der Waals surface area contributed by atoms with Gasteiger partial charge in [0.15, 0.2) is 0 Å². The maximum Gasteiger partial charge on any atom is 0.339 e. The van der Waals surface area contributed by atoms with E-state index in [2.05, 4.69) is 4.72 Å². The van der Waals surface area contributed by atoms with Gasteiger partial charge >= 0.3 is 5.97 Å². The normalized spacial score (nSPS) is 12.4. The summed E-state index contributed by atoms with van der Waals surface area (Å²) in [5.41, 5.74) is -0.682. The van der Waals surface area contributed by atoms with Crippen molar-refractivity contribution in [2.45, 2.75) is 25.7 Å². The van der Waals surface area contributed by atoms with Crippen LogP contribution in [0.4, 0.5) is 0 Å². The molecule has 0 heterocycles. The van der Waals surface area contributed by atoms with Crippen LogP contribution in [0, 0.1) is 5.41 Å². The van der Waals surface area contributed by atoms with Crippen molar-refractivity contribution >= 4 is 16.0 Å². The third-order valence-electron chi connectivity index (χ3n) is 2.30. The Balaban J connectivity index is 3.09. The number of carbonyl (C=O) groups is 1. The van der Waals surface area contributed by atoms with E-state index in [1.54, 1.807) is 0 Å². The number of nitrogens with one attached hydrogen (secondary N) is 1. The quantitative estimate of drug-likeness (QED) is 0.777. The average molecular weight is 287 g/mol. The van der Waals surface area contributed by atoms with E-state index in [9.17, 15) is 18.3 Å². The van der Waals surface area contributed by atoms with Crippen molar-refractivity contribution in [3.8, 4) is 5.75 Å². The van der Waals surface area contributed by atoms with Gasteiger partial charge in [-0.3, -0.25) is 0 Å². The van der Waals surface area contributed by atoms with Crippen LogP contribution in [0.2, 0.25) is 0 Å². The Labute approximate surface area is 112 Å². The number of hydrogen-bond donors (Lipinski definition) is 3. The zero-order chi connectivity index (χ0) is 14.8. The highest BCUT2D eigenvalue weighted by Gasteiger charge is 2.21. The number of aromatic carboxylic acids is 1. The molecule has 0 fully saturated rings. The van der Waals surface area contributed by atoms with Gasteiger partial charge in [-0.2, -0.15) is 0 Å². The predicted octanol–water partition coefficient (Wildman–Crippen LogP) is 1.41. The van der Waals surface area contributed by atoms with Gasteiger partial charge in [0.05, 0.1) is 4.90 Å². The first kappa shape index (κ1) is 15.5. The summed E-state index contributed by atoms with van der Waals surface area (Å²) in [5, 5.41) is 18.2. The minimum absolute atomic E-state index is 0.188. The molecule has 0 aliphatic carbocycles. The maximum absolute atomic E-state index is 12.0. The van der Waals surface area contributed by atoms with Gasteiger partial charge in [-0.25, -0.2) is 17.9 Å². The van der Waals surface area contributed by atoms with Gasteiger partial charge in [-0.15, -0.1) is 0 Å². The second-order valence-corrected chi connectivity index (χ2v) is 7.14. The molecule has 0 aliphatic rings. The number of benzene rings is 1. The monoisotopic (exact) mass is 287 g/mol. The largest absolute Gasteiger partial charge is 0.507 e. The summed E-state index contributed by atoms with van der Waals surface area (Å²) in [7, 11) is -3.79. The molecule has 1 aromatic rings. The van der Waals surface area contributed by atoms with Crippen LogP contribution in [0.3, 0.4) is 0 Å². The summed E-state index contributed by atoms with van der Waals surface area (Å²) in [6.45, 7) is 5.83. The van der Waals surface area contributed by atoms with Crippen LogP contribution < -0.4 is 4.72 Å². The van der Waals surface area contributed by atoms with Gasteiger partial charge in [0.2, 0.25) is 10.0 Å². The molecular weight excluding hydrogens is 270 g/mol. The molecule has 0 aliphatic heterocycles. The van der Waals surface area contributed by atoms with Crippen molar-refractivity contribution in [3.05, 3.63) is 23.8 Å². The summed E-state index contributed by atoms with van der Waals surface area (Å²) >= 11 is 0. The minimum atomic E-state index is -3.79. The molecule has 7 heteroatoms. The van der Waals surface area contributed by atoms with Gasteiger partial charge in [-0.1, -0.05) is 20.8 Å². The lowest BCUT2D eigenvalue weighted by molar-refractivity contribution is 0.0693. The zero-order valence-electron chi connectivity index (χ0n) is 11.0. The molecule has 0 spiro atoms. The lowest BCUT2D eigenvalue weighted by atomic mass is 9.98. The van der Waals surface area contributed by atoms with Crippen LogP contribution in [0.15, 0.2) is 23.1 Å². The van der Waals surface area contributed by atoms with Gasteiger partial charge in [-0.05, 0) is 23.6 Å². The number of carboxylic acid groups (broad SMARTS) is 1. The van der Waals surface area contributed by atoms with Crippen molar-refractivity contribution in [1.29, 1.82) is 0 Å². The Morgan fingerprint density at radius 3 is 2.37 bits per heavy atom. The van der Waals surface area contributed by atoms with Crippen molar-refractivity contribution in [2.75, 3.05) is 6.54 Å². The van der Waals surface area contributed by atoms with Crippen LogP contribution in [0.1, 0.15) is 31.1 Å². The van der Waals surface area contributed by atoms with Crippen LogP contribution >= 0.6 is 0 Å². The Morgan fingerprint density at radius 1 is 1.32 bits per heavy atom. The molecule has 3 N–H and O–H groups in total. The molecule has 0 atom stereocenters. The van der Waals surface area contributed by atoms with E-state index in [-0.39, 0.29) is 16.9 Å². The first-order valence-corrected chi connectivity index (χ1v) is 7.07.